The second-order valence-electron chi connectivity index (χ2n) is 5.62. The molecule has 1 aromatic carbocycles. The predicted octanol–water partition coefficient (Wildman–Crippen LogP) is 1.33. The number of ketones is 1. The summed E-state index contributed by atoms with van der Waals surface area (Å²) in [7, 11) is 0. The van der Waals surface area contributed by atoms with Crippen LogP contribution in [0.2, 0.25) is 0 Å². The largest absolute Gasteiger partial charge is 0.457 e. The SMILES string of the molecule is CCCn1c(N)c(C(=O)COC(=O)CSc2cc(F)ccc2F)c(=O)[nH]c1=O. The normalized spacial score (nSPS) is 10.7. The van der Waals surface area contributed by atoms with Gasteiger partial charge in [0, 0.05) is 11.4 Å². The molecule has 8 nitrogen and oxygen atoms in total. The Kier molecular flexibility index (Phi) is 7.10. The van der Waals surface area contributed by atoms with E-state index in [0.717, 1.165) is 22.8 Å². The third kappa shape index (κ3) is 5.06. The molecule has 0 amide bonds. The summed E-state index contributed by atoms with van der Waals surface area (Å²) in [4.78, 5) is 49.5. The molecule has 0 aliphatic heterocycles. The monoisotopic (exact) mass is 413 g/mol. The van der Waals surface area contributed by atoms with Gasteiger partial charge in [-0.15, -0.1) is 11.8 Å². The van der Waals surface area contributed by atoms with E-state index in [1.807, 2.05) is 4.98 Å². The van der Waals surface area contributed by atoms with Gasteiger partial charge in [-0.2, -0.15) is 0 Å². The molecule has 3 N–H and O–H groups in total. The number of aromatic nitrogens is 2. The van der Waals surface area contributed by atoms with Crippen molar-refractivity contribution in [2.45, 2.75) is 24.8 Å². The number of Topliss-reactive ketones (excluding diaryl/α,β-unsaturated/α-hetero) is 1. The van der Waals surface area contributed by atoms with Crippen molar-refractivity contribution < 1.29 is 23.1 Å². The van der Waals surface area contributed by atoms with E-state index in [0.29, 0.717) is 18.2 Å². The van der Waals surface area contributed by atoms with Crippen molar-refractivity contribution in [1.82, 2.24) is 9.55 Å². The average molecular weight is 413 g/mol. The lowest BCUT2D eigenvalue weighted by Crippen LogP contribution is -2.37. The first kappa shape index (κ1) is 21.4. The summed E-state index contributed by atoms with van der Waals surface area (Å²) in [6.45, 7) is 1.18. The average Bonchev–Trinajstić information content (AvgIpc) is 2.64. The summed E-state index contributed by atoms with van der Waals surface area (Å²) in [5.41, 5.74) is 3.54. The minimum Gasteiger partial charge on any atom is -0.457 e. The molecule has 0 saturated carbocycles. The van der Waals surface area contributed by atoms with Crippen molar-refractivity contribution in [2.75, 3.05) is 18.1 Å². The summed E-state index contributed by atoms with van der Waals surface area (Å²) in [6.07, 6.45) is 0.534. The molecule has 0 fully saturated rings. The molecule has 0 spiro atoms. The number of nitrogen functional groups attached to an aromatic ring is 1. The van der Waals surface area contributed by atoms with Gasteiger partial charge in [0.05, 0.1) is 5.75 Å². The molecular weight excluding hydrogens is 396 g/mol. The molecule has 0 aliphatic carbocycles. The van der Waals surface area contributed by atoms with Crippen molar-refractivity contribution in [3.05, 3.63) is 56.2 Å². The molecule has 0 unspecified atom stereocenters. The number of ether oxygens (including phenoxy) is 1. The number of nitrogens with two attached hydrogens (primary N) is 1. The predicted molar refractivity (Wildman–Crippen MR) is 98.4 cm³/mol. The molecule has 1 heterocycles. The first-order chi connectivity index (χ1) is 13.2. The lowest BCUT2D eigenvalue weighted by molar-refractivity contribution is -0.139. The summed E-state index contributed by atoms with van der Waals surface area (Å²) >= 11 is 0.695. The molecule has 150 valence electrons. The molecule has 1 aromatic heterocycles. The van der Waals surface area contributed by atoms with Crippen LogP contribution in [0.15, 0.2) is 32.7 Å². The first-order valence-electron chi connectivity index (χ1n) is 8.13. The van der Waals surface area contributed by atoms with Crippen LogP contribution in [-0.2, 0) is 16.1 Å². The standard InChI is InChI=1S/C17H17F2N3O5S/c1-2-5-22-15(20)14(16(25)21-17(22)26)11(23)7-27-13(24)8-28-12-6-9(18)3-4-10(12)19/h3-4,6H,2,5,7-8,20H2,1H3,(H,21,25,26). The van der Waals surface area contributed by atoms with Gasteiger partial charge in [-0.25, -0.2) is 13.6 Å². The topological polar surface area (TPSA) is 124 Å². The maximum Gasteiger partial charge on any atom is 0.329 e. The van der Waals surface area contributed by atoms with Crippen LogP contribution in [0.3, 0.4) is 0 Å². The Hall–Kier alpha value is -2.95. The van der Waals surface area contributed by atoms with E-state index < -0.39 is 46.8 Å². The Morgan fingerprint density at radius 2 is 2.00 bits per heavy atom. The van der Waals surface area contributed by atoms with E-state index in [-0.39, 0.29) is 23.0 Å². The Morgan fingerprint density at radius 1 is 1.29 bits per heavy atom. The zero-order valence-electron chi connectivity index (χ0n) is 14.8. The number of H-pyrrole nitrogens is 1. The number of esters is 1. The summed E-state index contributed by atoms with van der Waals surface area (Å²) in [6, 6.07) is 2.79. The second-order valence-corrected chi connectivity index (χ2v) is 6.64. The number of aromatic amines is 1. The Balaban J connectivity index is 2.03. The number of nitrogens with one attached hydrogen (secondary N) is 1. The highest BCUT2D eigenvalue weighted by molar-refractivity contribution is 8.00. The number of benzene rings is 1. The van der Waals surface area contributed by atoms with E-state index in [4.69, 9.17) is 10.5 Å². The fourth-order valence-electron chi connectivity index (χ4n) is 2.29. The molecule has 0 aliphatic rings. The maximum absolute atomic E-state index is 13.5. The van der Waals surface area contributed by atoms with Crippen molar-refractivity contribution >= 4 is 29.3 Å². The molecule has 11 heteroatoms. The van der Waals surface area contributed by atoms with Crippen molar-refractivity contribution in [1.29, 1.82) is 0 Å². The first-order valence-corrected chi connectivity index (χ1v) is 9.12. The Labute approximate surface area is 161 Å². The Bertz CT molecular complexity index is 1020. The molecule has 0 bridgehead atoms. The lowest BCUT2D eigenvalue weighted by atomic mass is 10.2. The number of rotatable bonds is 8. The molecule has 0 atom stereocenters. The summed E-state index contributed by atoms with van der Waals surface area (Å²) in [5, 5.41) is 0. The lowest BCUT2D eigenvalue weighted by Gasteiger charge is -2.11. The molecular formula is C17H17F2N3O5S. The van der Waals surface area contributed by atoms with E-state index in [1.54, 1.807) is 6.92 Å². The molecule has 2 rings (SSSR count). The fraction of sp³-hybridized carbons (Fsp3) is 0.294. The minimum absolute atomic E-state index is 0.0874. The number of nitrogens with zero attached hydrogens (tertiary/aromatic N) is 1. The molecule has 0 saturated heterocycles. The number of thioether (sulfide) groups is 1. The number of anilines is 1. The van der Waals surface area contributed by atoms with E-state index >= 15 is 0 Å². The molecule has 2 aromatic rings. The van der Waals surface area contributed by atoms with E-state index in [2.05, 4.69) is 0 Å². The van der Waals surface area contributed by atoms with Gasteiger partial charge in [-0.05, 0) is 24.6 Å². The third-order valence-electron chi connectivity index (χ3n) is 3.57. The van der Waals surface area contributed by atoms with Crippen LogP contribution in [0.4, 0.5) is 14.6 Å². The molecule has 0 radical (unpaired) electrons. The number of halogens is 2. The van der Waals surface area contributed by atoms with Gasteiger partial charge in [0.15, 0.2) is 6.61 Å². The van der Waals surface area contributed by atoms with Crippen LogP contribution in [-0.4, -0.2) is 33.7 Å². The second kappa shape index (κ2) is 9.31. The zero-order chi connectivity index (χ0) is 20.8. The van der Waals surface area contributed by atoms with Gasteiger partial charge in [0.25, 0.3) is 5.56 Å². The van der Waals surface area contributed by atoms with Gasteiger partial charge in [-0.1, -0.05) is 6.92 Å². The number of hydrogen-bond acceptors (Lipinski definition) is 7. The summed E-state index contributed by atoms with van der Waals surface area (Å²) < 4.78 is 32.4. The van der Waals surface area contributed by atoms with Gasteiger partial charge in [-0.3, -0.25) is 23.9 Å². The van der Waals surface area contributed by atoms with E-state index in [9.17, 15) is 28.0 Å². The van der Waals surface area contributed by atoms with Gasteiger partial charge >= 0.3 is 11.7 Å². The Morgan fingerprint density at radius 3 is 2.68 bits per heavy atom. The maximum atomic E-state index is 13.5. The van der Waals surface area contributed by atoms with Crippen molar-refractivity contribution in [3.8, 4) is 0 Å². The van der Waals surface area contributed by atoms with E-state index in [1.165, 1.54) is 0 Å². The number of carbonyl (C=O) groups excluding carboxylic acids is 2. The summed E-state index contributed by atoms with van der Waals surface area (Å²) in [5.74, 6) is -3.82. The highest BCUT2D eigenvalue weighted by atomic mass is 32.2. The van der Waals surface area contributed by atoms with Crippen LogP contribution >= 0.6 is 11.8 Å². The third-order valence-corrected chi connectivity index (χ3v) is 4.57. The van der Waals surface area contributed by atoms with Gasteiger partial charge in [0.2, 0.25) is 5.78 Å². The smallest absolute Gasteiger partial charge is 0.329 e. The van der Waals surface area contributed by atoms with Crippen LogP contribution in [0, 0.1) is 11.6 Å². The van der Waals surface area contributed by atoms with Crippen LogP contribution in [0.25, 0.3) is 0 Å². The van der Waals surface area contributed by atoms with Crippen LogP contribution in [0.1, 0.15) is 23.7 Å². The number of hydrogen-bond donors (Lipinski definition) is 2. The van der Waals surface area contributed by atoms with Crippen molar-refractivity contribution in [3.63, 3.8) is 0 Å². The van der Waals surface area contributed by atoms with Gasteiger partial charge < -0.3 is 10.5 Å². The number of carbonyl (C=O) groups is 2. The minimum atomic E-state index is -0.980. The van der Waals surface area contributed by atoms with Crippen molar-refractivity contribution in [2.24, 2.45) is 0 Å². The molecule has 28 heavy (non-hydrogen) atoms. The highest BCUT2D eigenvalue weighted by Gasteiger charge is 2.20. The zero-order valence-corrected chi connectivity index (χ0v) is 15.6. The quantitative estimate of drug-likeness (QED) is 0.380. The van der Waals surface area contributed by atoms with Gasteiger partial charge in [0.1, 0.15) is 23.0 Å². The fourth-order valence-corrected chi connectivity index (χ4v) is 3.05. The highest BCUT2D eigenvalue weighted by Crippen LogP contribution is 2.22. The van der Waals surface area contributed by atoms with Crippen LogP contribution < -0.4 is 17.0 Å². The van der Waals surface area contributed by atoms with Crippen LogP contribution in [0.5, 0.6) is 0 Å².